The van der Waals surface area contributed by atoms with Crippen molar-refractivity contribution >= 4 is 16.6 Å². The van der Waals surface area contributed by atoms with Gasteiger partial charge >= 0.3 is 0 Å². The molecule has 0 spiro atoms. The normalized spacial score (nSPS) is 15.8. The van der Waals surface area contributed by atoms with Gasteiger partial charge < -0.3 is 15.0 Å². The average Bonchev–Trinajstić information content (AvgIpc) is 2.46. The van der Waals surface area contributed by atoms with E-state index in [2.05, 4.69) is 27.3 Å². The highest BCUT2D eigenvalue weighted by atomic mass is 16.5. The van der Waals surface area contributed by atoms with Crippen LogP contribution in [0.3, 0.4) is 0 Å². The van der Waals surface area contributed by atoms with Crippen LogP contribution in [0.5, 0.6) is 5.75 Å². The molecule has 2 aromatic rings. The van der Waals surface area contributed by atoms with Crippen molar-refractivity contribution in [3.05, 3.63) is 30.5 Å². The van der Waals surface area contributed by atoms with Crippen molar-refractivity contribution in [3.8, 4) is 5.75 Å². The summed E-state index contributed by atoms with van der Waals surface area (Å²) in [6.07, 6.45) is 2.08. The minimum absolute atomic E-state index is 0.196. The first kappa shape index (κ1) is 13.2. The zero-order chi connectivity index (χ0) is 13.9. The minimum Gasteiger partial charge on any atom is -0.491 e. The van der Waals surface area contributed by atoms with Crippen LogP contribution in [0.25, 0.3) is 10.8 Å². The van der Waals surface area contributed by atoms with E-state index < -0.39 is 0 Å². The zero-order valence-electron chi connectivity index (χ0n) is 12.1. The molecule has 0 bridgehead atoms. The molecule has 1 fully saturated rings. The summed E-state index contributed by atoms with van der Waals surface area (Å²) in [4.78, 5) is 6.93. The molecule has 3 rings (SSSR count). The van der Waals surface area contributed by atoms with Crippen LogP contribution < -0.4 is 15.0 Å². The number of nitrogens with one attached hydrogen (secondary N) is 1. The molecular weight excluding hydrogens is 250 g/mol. The van der Waals surface area contributed by atoms with Gasteiger partial charge in [0.25, 0.3) is 0 Å². The molecule has 0 amide bonds. The van der Waals surface area contributed by atoms with Crippen molar-refractivity contribution in [3.63, 3.8) is 0 Å². The van der Waals surface area contributed by atoms with Crippen LogP contribution in [0.1, 0.15) is 13.8 Å². The molecule has 1 aliphatic heterocycles. The Bertz CT molecular complexity index is 591. The lowest BCUT2D eigenvalue weighted by molar-refractivity contribution is 0.243. The van der Waals surface area contributed by atoms with Gasteiger partial charge in [-0.25, -0.2) is 4.98 Å². The van der Waals surface area contributed by atoms with Gasteiger partial charge in [0.05, 0.1) is 6.10 Å². The quantitative estimate of drug-likeness (QED) is 0.930. The van der Waals surface area contributed by atoms with Crippen molar-refractivity contribution in [1.82, 2.24) is 10.3 Å². The van der Waals surface area contributed by atoms with Crippen LogP contribution in [0.15, 0.2) is 30.5 Å². The maximum Gasteiger partial charge on any atom is 0.136 e. The third-order valence-electron chi connectivity index (χ3n) is 3.50. The predicted octanol–water partition coefficient (Wildman–Crippen LogP) is 2.43. The number of rotatable bonds is 3. The molecule has 1 aromatic carbocycles. The van der Waals surface area contributed by atoms with E-state index in [1.165, 1.54) is 10.8 Å². The number of anilines is 1. The smallest absolute Gasteiger partial charge is 0.136 e. The number of fused-ring (bicyclic) bond motifs is 1. The van der Waals surface area contributed by atoms with Crippen molar-refractivity contribution in [1.29, 1.82) is 0 Å². The summed E-state index contributed by atoms with van der Waals surface area (Å²) < 4.78 is 5.76. The van der Waals surface area contributed by atoms with E-state index in [1.54, 1.807) is 0 Å². The van der Waals surface area contributed by atoms with Crippen molar-refractivity contribution in [2.24, 2.45) is 0 Å². The molecule has 0 atom stereocenters. The summed E-state index contributed by atoms with van der Waals surface area (Å²) in [7, 11) is 0. The maximum absolute atomic E-state index is 5.76. The van der Waals surface area contributed by atoms with Gasteiger partial charge in [0.2, 0.25) is 0 Å². The van der Waals surface area contributed by atoms with Crippen molar-refractivity contribution in [2.75, 3.05) is 31.1 Å². The number of hydrogen-bond acceptors (Lipinski definition) is 4. The Hall–Kier alpha value is -1.81. The number of ether oxygens (including phenoxy) is 1. The van der Waals surface area contributed by atoms with Crippen LogP contribution in [0.2, 0.25) is 0 Å². The van der Waals surface area contributed by atoms with Gasteiger partial charge in [0, 0.05) is 37.8 Å². The predicted molar refractivity (Wildman–Crippen MR) is 82.6 cm³/mol. The summed E-state index contributed by atoms with van der Waals surface area (Å²) in [5, 5.41) is 5.76. The highest BCUT2D eigenvalue weighted by Gasteiger charge is 2.14. The Morgan fingerprint density at radius 1 is 1.20 bits per heavy atom. The molecule has 4 heteroatoms. The molecule has 1 aliphatic rings. The monoisotopic (exact) mass is 271 g/mol. The summed E-state index contributed by atoms with van der Waals surface area (Å²) in [6.45, 7) is 8.15. The minimum atomic E-state index is 0.196. The van der Waals surface area contributed by atoms with E-state index in [0.717, 1.165) is 37.7 Å². The standard InChI is InChI=1S/C16H21N3O/c1-12(2)20-14-3-4-15-13(11-14)5-6-18-16(15)19-9-7-17-8-10-19/h3-6,11-12,17H,7-10H2,1-2H3. The molecule has 20 heavy (non-hydrogen) atoms. The third-order valence-corrected chi connectivity index (χ3v) is 3.50. The molecular formula is C16H21N3O. The Morgan fingerprint density at radius 3 is 2.75 bits per heavy atom. The number of pyridine rings is 1. The van der Waals surface area contributed by atoms with Gasteiger partial charge in [0.15, 0.2) is 0 Å². The van der Waals surface area contributed by atoms with E-state index in [-0.39, 0.29) is 6.10 Å². The Balaban J connectivity index is 1.97. The van der Waals surface area contributed by atoms with Crippen LogP contribution >= 0.6 is 0 Å². The Kier molecular flexibility index (Phi) is 3.74. The van der Waals surface area contributed by atoms with Crippen LogP contribution in [-0.2, 0) is 0 Å². The van der Waals surface area contributed by atoms with E-state index in [1.807, 2.05) is 32.2 Å². The van der Waals surface area contributed by atoms with Gasteiger partial charge in [0.1, 0.15) is 11.6 Å². The molecule has 1 saturated heterocycles. The first-order valence-electron chi connectivity index (χ1n) is 7.25. The van der Waals surface area contributed by atoms with Crippen LogP contribution in [0.4, 0.5) is 5.82 Å². The molecule has 1 aromatic heterocycles. The topological polar surface area (TPSA) is 37.4 Å². The molecule has 1 N–H and O–H groups in total. The van der Waals surface area contributed by atoms with Crippen molar-refractivity contribution < 1.29 is 4.74 Å². The summed E-state index contributed by atoms with van der Waals surface area (Å²) in [6, 6.07) is 8.31. The first-order valence-corrected chi connectivity index (χ1v) is 7.25. The van der Waals surface area contributed by atoms with Gasteiger partial charge in [-0.2, -0.15) is 0 Å². The van der Waals surface area contributed by atoms with E-state index >= 15 is 0 Å². The Labute approximate surface area is 119 Å². The molecule has 2 heterocycles. The van der Waals surface area contributed by atoms with Gasteiger partial charge in [-0.05, 0) is 43.5 Å². The fraction of sp³-hybridized carbons (Fsp3) is 0.438. The van der Waals surface area contributed by atoms with Gasteiger partial charge in [-0.15, -0.1) is 0 Å². The summed E-state index contributed by atoms with van der Waals surface area (Å²) in [5.41, 5.74) is 0. The lowest BCUT2D eigenvalue weighted by atomic mass is 10.1. The van der Waals surface area contributed by atoms with E-state index in [4.69, 9.17) is 4.74 Å². The number of aromatic nitrogens is 1. The molecule has 0 unspecified atom stereocenters. The van der Waals surface area contributed by atoms with E-state index in [0.29, 0.717) is 0 Å². The Morgan fingerprint density at radius 2 is 2.00 bits per heavy atom. The second-order valence-corrected chi connectivity index (χ2v) is 5.42. The zero-order valence-corrected chi connectivity index (χ0v) is 12.1. The lowest BCUT2D eigenvalue weighted by Crippen LogP contribution is -2.43. The second kappa shape index (κ2) is 5.67. The van der Waals surface area contributed by atoms with Gasteiger partial charge in [-0.1, -0.05) is 0 Å². The molecule has 4 nitrogen and oxygen atoms in total. The summed E-state index contributed by atoms with van der Waals surface area (Å²) in [5.74, 6) is 2.00. The lowest BCUT2D eigenvalue weighted by Gasteiger charge is -2.29. The van der Waals surface area contributed by atoms with Gasteiger partial charge in [-0.3, -0.25) is 0 Å². The number of benzene rings is 1. The van der Waals surface area contributed by atoms with Crippen LogP contribution in [-0.4, -0.2) is 37.3 Å². The molecule has 0 saturated carbocycles. The average molecular weight is 271 g/mol. The second-order valence-electron chi connectivity index (χ2n) is 5.42. The SMILES string of the molecule is CC(C)Oc1ccc2c(N3CCNCC3)nccc2c1. The largest absolute Gasteiger partial charge is 0.491 e. The highest BCUT2D eigenvalue weighted by Crippen LogP contribution is 2.28. The first-order chi connectivity index (χ1) is 9.74. The molecule has 0 aliphatic carbocycles. The fourth-order valence-electron chi connectivity index (χ4n) is 2.61. The summed E-state index contributed by atoms with van der Waals surface area (Å²) >= 11 is 0. The maximum atomic E-state index is 5.76. The number of hydrogen-bond donors (Lipinski definition) is 1. The highest BCUT2D eigenvalue weighted by molar-refractivity contribution is 5.93. The van der Waals surface area contributed by atoms with Crippen LogP contribution in [0, 0.1) is 0 Å². The van der Waals surface area contributed by atoms with Crippen molar-refractivity contribution in [2.45, 2.75) is 20.0 Å². The number of piperazine rings is 1. The third kappa shape index (κ3) is 2.70. The molecule has 106 valence electrons. The number of nitrogens with zero attached hydrogens (tertiary/aromatic N) is 2. The fourth-order valence-corrected chi connectivity index (χ4v) is 2.61. The molecule has 0 radical (unpaired) electrons. The van der Waals surface area contributed by atoms with E-state index in [9.17, 15) is 0 Å².